The van der Waals surface area contributed by atoms with Crippen molar-refractivity contribution >= 4 is 12.0 Å². The molecular formula is C14H16N2. The Kier molecular flexibility index (Phi) is 2.49. The fourth-order valence-electron chi connectivity index (χ4n) is 2.53. The van der Waals surface area contributed by atoms with Gasteiger partial charge in [-0.15, -0.1) is 0 Å². The summed E-state index contributed by atoms with van der Waals surface area (Å²) in [5.41, 5.74) is 3.98. The van der Waals surface area contributed by atoms with E-state index >= 15 is 0 Å². The first kappa shape index (κ1) is 9.64. The number of hydrogen-bond donors (Lipinski definition) is 1. The zero-order valence-electron chi connectivity index (χ0n) is 9.32. The molecule has 1 N–H and O–H groups in total. The second kappa shape index (κ2) is 4.12. The summed E-state index contributed by atoms with van der Waals surface area (Å²) in [7, 11) is 0. The standard InChI is InChI=1S/C14H16N2/c1-3-7-13-11(5-1)9-12-6-2-4-8-14(12)16-10-15-13/h1,3,5-7,10,14H,2,4,8-9H2,(H,15,16). The lowest BCUT2D eigenvalue weighted by molar-refractivity contribution is 0.564. The minimum atomic E-state index is 0.505. The van der Waals surface area contributed by atoms with Crippen molar-refractivity contribution in [2.45, 2.75) is 31.7 Å². The summed E-state index contributed by atoms with van der Waals surface area (Å²) in [5.74, 6) is 0. The summed E-state index contributed by atoms with van der Waals surface area (Å²) in [6, 6.07) is 8.92. The van der Waals surface area contributed by atoms with Gasteiger partial charge in [0.1, 0.15) is 0 Å². The van der Waals surface area contributed by atoms with Crippen LogP contribution >= 0.6 is 0 Å². The van der Waals surface area contributed by atoms with Gasteiger partial charge in [-0.05, 0) is 42.9 Å². The highest BCUT2D eigenvalue weighted by molar-refractivity contribution is 5.65. The summed E-state index contributed by atoms with van der Waals surface area (Å²) >= 11 is 0. The fraction of sp³-hybridized carbons (Fsp3) is 0.357. The monoisotopic (exact) mass is 212 g/mol. The quantitative estimate of drug-likeness (QED) is 0.657. The second-order valence-electron chi connectivity index (χ2n) is 4.49. The first-order chi connectivity index (χ1) is 7.93. The summed E-state index contributed by atoms with van der Waals surface area (Å²) in [6.07, 6.45) is 9.06. The third-order valence-electron chi connectivity index (χ3n) is 3.42. The van der Waals surface area contributed by atoms with Crippen LogP contribution in [0.1, 0.15) is 24.8 Å². The van der Waals surface area contributed by atoms with E-state index in [1.54, 1.807) is 0 Å². The van der Waals surface area contributed by atoms with Gasteiger partial charge in [-0.1, -0.05) is 24.3 Å². The van der Waals surface area contributed by atoms with Crippen molar-refractivity contribution < 1.29 is 0 Å². The predicted octanol–water partition coefficient (Wildman–Crippen LogP) is 2.97. The highest BCUT2D eigenvalue weighted by atomic mass is 15.0. The van der Waals surface area contributed by atoms with Crippen molar-refractivity contribution in [1.82, 2.24) is 5.32 Å². The van der Waals surface area contributed by atoms with Gasteiger partial charge in [-0.3, -0.25) is 0 Å². The van der Waals surface area contributed by atoms with E-state index in [0.29, 0.717) is 6.04 Å². The van der Waals surface area contributed by atoms with Crippen LogP contribution in [0.3, 0.4) is 0 Å². The van der Waals surface area contributed by atoms with Gasteiger partial charge in [0, 0.05) is 6.04 Å². The number of para-hydroxylation sites is 1. The van der Waals surface area contributed by atoms with Gasteiger partial charge >= 0.3 is 0 Å². The van der Waals surface area contributed by atoms with E-state index in [2.05, 4.69) is 34.6 Å². The average molecular weight is 212 g/mol. The van der Waals surface area contributed by atoms with Crippen molar-refractivity contribution in [3.63, 3.8) is 0 Å². The number of nitrogens with zero attached hydrogens (tertiary/aromatic N) is 1. The minimum Gasteiger partial charge on any atom is -0.370 e. The van der Waals surface area contributed by atoms with Crippen LogP contribution in [0.5, 0.6) is 0 Å². The Hall–Kier alpha value is -1.57. The Balaban J connectivity index is 2.00. The molecule has 2 nitrogen and oxygen atoms in total. The topological polar surface area (TPSA) is 24.4 Å². The van der Waals surface area contributed by atoms with Crippen molar-refractivity contribution in [3.05, 3.63) is 41.5 Å². The van der Waals surface area contributed by atoms with Gasteiger partial charge in [0.25, 0.3) is 0 Å². The lowest BCUT2D eigenvalue weighted by Gasteiger charge is -2.26. The van der Waals surface area contributed by atoms with E-state index in [0.717, 1.165) is 12.1 Å². The van der Waals surface area contributed by atoms with Crippen LogP contribution in [0.25, 0.3) is 0 Å². The first-order valence-electron chi connectivity index (χ1n) is 5.99. The Morgan fingerprint density at radius 2 is 2.19 bits per heavy atom. The molecular weight excluding hydrogens is 196 g/mol. The lowest BCUT2D eigenvalue weighted by atomic mass is 9.89. The molecule has 0 saturated carbocycles. The molecule has 2 heteroatoms. The van der Waals surface area contributed by atoms with Gasteiger partial charge in [-0.25, -0.2) is 4.99 Å². The van der Waals surface area contributed by atoms with Gasteiger partial charge in [-0.2, -0.15) is 0 Å². The van der Waals surface area contributed by atoms with E-state index in [4.69, 9.17) is 0 Å². The van der Waals surface area contributed by atoms with E-state index in [9.17, 15) is 0 Å². The number of rotatable bonds is 0. The van der Waals surface area contributed by atoms with Crippen LogP contribution in [0.2, 0.25) is 0 Å². The normalized spacial score (nSPS) is 25.2. The average Bonchev–Trinajstić information content (AvgIpc) is 2.29. The Bertz CT molecular complexity index is 446. The maximum absolute atomic E-state index is 4.47. The van der Waals surface area contributed by atoms with Gasteiger partial charge in [0.05, 0.1) is 12.0 Å². The number of nitrogens with one attached hydrogen (secondary N) is 1. The SMILES string of the molecule is C1=C2Cc3ccccc3/N=C\NC2CCC1. The molecule has 1 heterocycles. The first-order valence-corrected chi connectivity index (χ1v) is 5.99. The molecule has 1 aliphatic heterocycles. The third kappa shape index (κ3) is 1.75. The number of hydrogen-bond acceptors (Lipinski definition) is 2. The molecule has 1 atom stereocenters. The predicted molar refractivity (Wildman–Crippen MR) is 67.2 cm³/mol. The smallest absolute Gasteiger partial charge is 0.0891 e. The molecule has 0 amide bonds. The van der Waals surface area contributed by atoms with Crippen molar-refractivity contribution in [2.24, 2.45) is 4.99 Å². The van der Waals surface area contributed by atoms with Crippen LogP contribution < -0.4 is 5.32 Å². The number of allylic oxidation sites excluding steroid dienone is 1. The molecule has 0 saturated heterocycles. The minimum absolute atomic E-state index is 0.505. The molecule has 0 spiro atoms. The van der Waals surface area contributed by atoms with Crippen molar-refractivity contribution in [1.29, 1.82) is 0 Å². The van der Waals surface area contributed by atoms with Crippen molar-refractivity contribution in [2.75, 3.05) is 0 Å². The molecule has 0 bridgehead atoms. The van der Waals surface area contributed by atoms with Crippen LogP contribution in [0.4, 0.5) is 5.69 Å². The van der Waals surface area contributed by atoms with Crippen LogP contribution in [-0.2, 0) is 6.42 Å². The Labute approximate surface area is 96.1 Å². The van der Waals surface area contributed by atoms with Crippen LogP contribution in [0, 0.1) is 0 Å². The summed E-state index contributed by atoms with van der Waals surface area (Å²) in [4.78, 5) is 4.47. The molecule has 1 aromatic carbocycles. The van der Waals surface area contributed by atoms with E-state index in [1.165, 1.54) is 30.4 Å². The molecule has 2 aliphatic rings. The molecule has 0 radical (unpaired) electrons. The second-order valence-corrected chi connectivity index (χ2v) is 4.49. The molecule has 82 valence electrons. The van der Waals surface area contributed by atoms with Gasteiger partial charge in [0.15, 0.2) is 0 Å². The number of fused-ring (bicyclic) bond motifs is 2. The molecule has 1 aliphatic carbocycles. The van der Waals surface area contributed by atoms with E-state index in [-0.39, 0.29) is 0 Å². The highest BCUT2D eigenvalue weighted by Crippen LogP contribution is 2.27. The number of benzene rings is 1. The Morgan fingerprint density at radius 1 is 1.25 bits per heavy atom. The molecule has 1 unspecified atom stereocenters. The van der Waals surface area contributed by atoms with Crippen molar-refractivity contribution in [3.8, 4) is 0 Å². The zero-order chi connectivity index (χ0) is 10.8. The lowest BCUT2D eigenvalue weighted by Crippen LogP contribution is -2.33. The largest absolute Gasteiger partial charge is 0.370 e. The maximum atomic E-state index is 4.47. The molecule has 0 fully saturated rings. The van der Waals surface area contributed by atoms with Crippen LogP contribution in [0.15, 0.2) is 40.9 Å². The molecule has 0 aromatic heterocycles. The molecule has 3 rings (SSSR count). The fourth-order valence-corrected chi connectivity index (χ4v) is 2.53. The molecule has 1 aromatic rings. The zero-order valence-corrected chi connectivity index (χ0v) is 9.32. The van der Waals surface area contributed by atoms with E-state index < -0.39 is 0 Å². The van der Waals surface area contributed by atoms with Crippen LogP contribution in [-0.4, -0.2) is 12.4 Å². The number of aliphatic imine (C=N–C) groups is 1. The summed E-state index contributed by atoms with van der Waals surface area (Å²) < 4.78 is 0. The molecule has 16 heavy (non-hydrogen) atoms. The third-order valence-corrected chi connectivity index (χ3v) is 3.42. The summed E-state index contributed by atoms with van der Waals surface area (Å²) in [6.45, 7) is 0. The van der Waals surface area contributed by atoms with Gasteiger partial charge in [0.2, 0.25) is 0 Å². The maximum Gasteiger partial charge on any atom is 0.0891 e. The Morgan fingerprint density at radius 3 is 3.19 bits per heavy atom. The van der Waals surface area contributed by atoms with Gasteiger partial charge < -0.3 is 5.32 Å². The van der Waals surface area contributed by atoms with E-state index in [1.807, 2.05) is 12.4 Å². The highest BCUT2D eigenvalue weighted by Gasteiger charge is 2.18. The summed E-state index contributed by atoms with van der Waals surface area (Å²) in [5, 5.41) is 3.40.